The first-order chi connectivity index (χ1) is 7.90. The Morgan fingerprint density at radius 1 is 1.41 bits per heavy atom. The number of methoxy groups -OCH3 is 1. The molecule has 0 saturated heterocycles. The molecule has 0 bridgehead atoms. The fraction of sp³-hybridized carbons (Fsp3) is 0.182. The summed E-state index contributed by atoms with van der Waals surface area (Å²) in [5, 5.41) is 0. The van der Waals surface area contributed by atoms with E-state index >= 15 is 0 Å². The van der Waals surface area contributed by atoms with E-state index in [1.807, 2.05) is 0 Å². The number of rotatable bonds is 1. The first-order valence-electron chi connectivity index (χ1n) is 4.36. The molecule has 0 aliphatic rings. The van der Waals surface area contributed by atoms with Gasteiger partial charge in [-0.15, -0.1) is 0 Å². The monoisotopic (exact) mass is 260 g/mol. The number of ether oxygens (including phenoxy) is 1. The number of thioether (sulfide) groups is 1. The summed E-state index contributed by atoms with van der Waals surface area (Å²) < 4.78 is 40.6. The van der Waals surface area contributed by atoms with Crippen molar-refractivity contribution >= 4 is 17.7 Å². The zero-order chi connectivity index (χ0) is 12.9. The standard InChI is InChI=1S/C11H7F3O2S/c1-16-10(15)6-5-8-3-2-4-9(7-8)17-11(12,13)14/h2-4,7H,1H3. The van der Waals surface area contributed by atoms with Crippen LogP contribution in [0.25, 0.3) is 0 Å². The Balaban J connectivity index is 2.85. The highest BCUT2D eigenvalue weighted by molar-refractivity contribution is 8.00. The maximum absolute atomic E-state index is 12.1. The fourth-order valence-corrected chi connectivity index (χ4v) is 1.54. The third-order valence-electron chi connectivity index (χ3n) is 1.56. The van der Waals surface area contributed by atoms with E-state index in [1.165, 1.54) is 31.4 Å². The van der Waals surface area contributed by atoms with Gasteiger partial charge < -0.3 is 4.74 Å². The van der Waals surface area contributed by atoms with Crippen molar-refractivity contribution < 1.29 is 22.7 Å². The zero-order valence-electron chi connectivity index (χ0n) is 8.67. The lowest BCUT2D eigenvalue weighted by Crippen LogP contribution is -1.99. The highest BCUT2D eigenvalue weighted by atomic mass is 32.2. The Kier molecular flexibility index (Phi) is 4.46. The molecule has 2 nitrogen and oxygen atoms in total. The molecule has 0 saturated carbocycles. The molecule has 0 unspecified atom stereocenters. The Morgan fingerprint density at radius 2 is 2.12 bits per heavy atom. The van der Waals surface area contributed by atoms with Gasteiger partial charge in [-0.25, -0.2) is 4.79 Å². The fourth-order valence-electron chi connectivity index (χ4n) is 0.945. The minimum atomic E-state index is -4.34. The van der Waals surface area contributed by atoms with Gasteiger partial charge >= 0.3 is 11.5 Å². The van der Waals surface area contributed by atoms with Crippen LogP contribution in [0.5, 0.6) is 0 Å². The molecule has 90 valence electrons. The van der Waals surface area contributed by atoms with E-state index in [9.17, 15) is 18.0 Å². The number of hydrogen-bond donors (Lipinski definition) is 0. The molecule has 6 heteroatoms. The van der Waals surface area contributed by atoms with Crippen LogP contribution in [0.1, 0.15) is 5.56 Å². The number of alkyl halides is 3. The lowest BCUT2D eigenvalue weighted by molar-refractivity contribution is -0.133. The molecule has 1 aromatic rings. The third-order valence-corrected chi connectivity index (χ3v) is 2.28. The topological polar surface area (TPSA) is 26.3 Å². The van der Waals surface area contributed by atoms with E-state index in [-0.39, 0.29) is 16.7 Å². The lowest BCUT2D eigenvalue weighted by Gasteiger charge is -2.04. The second-order valence-electron chi connectivity index (χ2n) is 2.82. The summed E-state index contributed by atoms with van der Waals surface area (Å²) in [4.78, 5) is 10.7. The van der Waals surface area contributed by atoms with Gasteiger partial charge in [0, 0.05) is 16.4 Å². The van der Waals surface area contributed by atoms with Crippen molar-refractivity contribution in [2.75, 3.05) is 7.11 Å². The number of halogens is 3. The normalized spacial score (nSPS) is 10.4. The van der Waals surface area contributed by atoms with Gasteiger partial charge in [-0.05, 0) is 30.0 Å². The van der Waals surface area contributed by atoms with Gasteiger partial charge in [-0.3, -0.25) is 0 Å². The van der Waals surface area contributed by atoms with Crippen LogP contribution in [0.3, 0.4) is 0 Å². The van der Waals surface area contributed by atoms with Gasteiger partial charge in [0.25, 0.3) is 0 Å². The highest BCUT2D eigenvalue weighted by Gasteiger charge is 2.29. The highest BCUT2D eigenvalue weighted by Crippen LogP contribution is 2.36. The molecule has 1 aromatic carbocycles. The van der Waals surface area contributed by atoms with Crippen molar-refractivity contribution in [1.82, 2.24) is 0 Å². The van der Waals surface area contributed by atoms with Crippen molar-refractivity contribution in [2.45, 2.75) is 10.4 Å². The van der Waals surface area contributed by atoms with Crippen LogP contribution in [0, 0.1) is 11.8 Å². The van der Waals surface area contributed by atoms with Crippen LogP contribution in [0.4, 0.5) is 13.2 Å². The van der Waals surface area contributed by atoms with Crippen LogP contribution in [-0.4, -0.2) is 18.6 Å². The summed E-state index contributed by atoms with van der Waals surface area (Å²) in [7, 11) is 1.17. The molecule has 0 aliphatic carbocycles. The lowest BCUT2D eigenvalue weighted by atomic mass is 10.2. The largest absolute Gasteiger partial charge is 0.459 e. The summed E-state index contributed by atoms with van der Waals surface area (Å²) in [6.45, 7) is 0. The molecule has 0 aliphatic heterocycles. The number of hydrogen-bond acceptors (Lipinski definition) is 3. The molecular weight excluding hydrogens is 253 g/mol. The molecular formula is C11H7F3O2S. The summed E-state index contributed by atoms with van der Waals surface area (Å²) in [6.07, 6.45) is 0. The Labute approximate surface area is 100 Å². The molecule has 0 radical (unpaired) electrons. The van der Waals surface area contributed by atoms with Crippen molar-refractivity contribution in [1.29, 1.82) is 0 Å². The summed E-state index contributed by atoms with van der Waals surface area (Å²) in [5.74, 6) is 3.82. The Bertz CT molecular complexity index is 472. The van der Waals surface area contributed by atoms with E-state index in [1.54, 1.807) is 0 Å². The van der Waals surface area contributed by atoms with Crippen LogP contribution in [0.15, 0.2) is 29.2 Å². The average molecular weight is 260 g/mol. The molecule has 0 aromatic heterocycles. The SMILES string of the molecule is COC(=O)C#Cc1cccc(SC(F)(F)F)c1. The van der Waals surface area contributed by atoms with Gasteiger partial charge in [0.05, 0.1) is 7.11 Å². The predicted molar refractivity (Wildman–Crippen MR) is 57.2 cm³/mol. The first-order valence-corrected chi connectivity index (χ1v) is 5.18. The van der Waals surface area contributed by atoms with Crippen LogP contribution < -0.4 is 0 Å². The number of esters is 1. The first kappa shape index (κ1) is 13.5. The van der Waals surface area contributed by atoms with E-state index in [0.29, 0.717) is 5.56 Å². The van der Waals surface area contributed by atoms with E-state index in [2.05, 4.69) is 16.6 Å². The summed E-state index contributed by atoms with van der Waals surface area (Å²) >= 11 is -0.229. The second-order valence-corrected chi connectivity index (χ2v) is 3.96. The molecule has 0 fully saturated rings. The maximum Gasteiger partial charge on any atom is 0.446 e. The van der Waals surface area contributed by atoms with E-state index in [4.69, 9.17) is 0 Å². The van der Waals surface area contributed by atoms with Crippen molar-refractivity contribution in [3.8, 4) is 11.8 Å². The predicted octanol–water partition coefficient (Wildman–Crippen LogP) is 2.82. The molecule has 0 atom stereocenters. The van der Waals surface area contributed by atoms with Crippen molar-refractivity contribution in [3.63, 3.8) is 0 Å². The number of carbonyl (C=O) groups is 1. The third kappa shape index (κ3) is 5.31. The van der Waals surface area contributed by atoms with Gasteiger partial charge in [0.1, 0.15) is 0 Å². The molecule has 0 heterocycles. The van der Waals surface area contributed by atoms with Crippen LogP contribution in [-0.2, 0) is 9.53 Å². The average Bonchev–Trinajstić information content (AvgIpc) is 2.24. The minimum absolute atomic E-state index is 0.0224. The molecule has 0 spiro atoms. The quantitative estimate of drug-likeness (QED) is 0.441. The molecule has 1 rings (SSSR count). The zero-order valence-corrected chi connectivity index (χ0v) is 9.48. The summed E-state index contributed by atoms with van der Waals surface area (Å²) in [5.41, 5.74) is -4.02. The van der Waals surface area contributed by atoms with Gasteiger partial charge in [0.2, 0.25) is 0 Å². The Morgan fingerprint density at radius 3 is 2.71 bits per heavy atom. The number of benzene rings is 1. The smallest absolute Gasteiger partial charge is 0.446 e. The van der Waals surface area contributed by atoms with Gasteiger partial charge in [0.15, 0.2) is 0 Å². The van der Waals surface area contributed by atoms with Crippen molar-refractivity contribution in [2.24, 2.45) is 0 Å². The van der Waals surface area contributed by atoms with Gasteiger partial charge in [-0.2, -0.15) is 13.2 Å². The molecule has 0 amide bonds. The van der Waals surface area contributed by atoms with Crippen molar-refractivity contribution in [3.05, 3.63) is 29.8 Å². The van der Waals surface area contributed by atoms with Gasteiger partial charge in [-0.1, -0.05) is 12.0 Å². The minimum Gasteiger partial charge on any atom is -0.459 e. The van der Waals surface area contributed by atoms with E-state index < -0.39 is 11.5 Å². The van der Waals surface area contributed by atoms with E-state index in [0.717, 1.165) is 0 Å². The molecule has 0 N–H and O–H groups in total. The van der Waals surface area contributed by atoms with Crippen LogP contribution in [0.2, 0.25) is 0 Å². The second kappa shape index (κ2) is 5.64. The number of carbonyl (C=O) groups excluding carboxylic acids is 1. The molecule has 17 heavy (non-hydrogen) atoms. The Hall–Kier alpha value is -1.61. The summed E-state index contributed by atoms with van der Waals surface area (Å²) in [6, 6.07) is 5.53. The van der Waals surface area contributed by atoms with Crippen LogP contribution >= 0.6 is 11.8 Å². The maximum atomic E-state index is 12.1.